The van der Waals surface area contributed by atoms with Gasteiger partial charge in [0.2, 0.25) is 0 Å². The van der Waals surface area contributed by atoms with Crippen molar-refractivity contribution in [3.8, 4) is 0 Å². The van der Waals surface area contributed by atoms with Crippen molar-refractivity contribution in [2.75, 3.05) is 6.61 Å². The zero-order valence-electron chi connectivity index (χ0n) is 13.2. The van der Waals surface area contributed by atoms with Crippen LogP contribution in [-0.2, 0) is 11.5 Å². The van der Waals surface area contributed by atoms with E-state index in [9.17, 15) is 10.1 Å². The van der Waals surface area contributed by atoms with E-state index in [4.69, 9.17) is 4.74 Å². The number of hydrogen-bond donors (Lipinski definition) is 0. The molecule has 0 amide bonds. The summed E-state index contributed by atoms with van der Waals surface area (Å²) in [6.07, 6.45) is 3.17. The first-order valence-electron chi connectivity index (χ1n) is 7.16. The Bertz CT molecular complexity index is 704. The number of nitrogens with zero attached hydrogens (tertiary/aromatic N) is 3. The molecule has 0 bridgehead atoms. The van der Waals surface area contributed by atoms with Crippen molar-refractivity contribution < 1.29 is 9.66 Å². The lowest BCUT2D eigenvalue weighted by Gasteiger charge is -2.15. The lowest BCUT2D eigenvalue weighted by molar-refractivity contribution is -0.385. The average Bonchev–Trinajstić information content (AvgIpc) is 2.83. The molecule has 0 atom stereocenters. The Kier molecular flexibility index (Phi) is 4.77. The van der Waals surface area contributed by atoms with E-state index in [1.165, 1.54) is 12.1 Å². The Morgan fingerprint density at radius 2 is 2.18 bits per heavy atom. The molecule has 0 saturated heterocycles. The van der Waals surface area contributed by atoms with Gasteiger partial charge in [0.05, 0.1) is 22.2 Å². The fourth-order valence-electron chi connectivity index (χ4n) is 2.09. The van der Waals surface area contributed by atoms with Gasteiger partial charge in [0, 0.05) is 26.1 Å². The first-order valence-corrected chi connectivity index (χ1v) is 10.9. The fraction of sp³-hybridized carbons (Fsp3) is 0.400. The summed E-state index contributed by atoms with van der Waals surface area (Å²) in [4.78, 5) is 10.7. The van der Waals surface area contributed by atoms with Crippen LogP contribution in [0, 0.1) is 10.1 Å². The molecule has 1 aromatic heterocycles. The number of aromatic nitrogens is 2. The molecule has 1 heterocycles. The third-order valence-electron chi connectivity index (χ3n) is 3.42. The van der Waals surface area contributed by atoms with Crippen LogP contribution in [0.5, 0.6) is 0 Å². The van der Waals surface area contributed by atoms with E-state index in [2.05, 4.69) is 31.3 Å². The lowest BCUT2D eigenvalue weighted by atomic mass is 10.1. The molecule has 2 aromatic rings. The summed E-state index contributed by atoms with van der Waals surface area (Å²) >= 11 is 0. The second-order valence-electron chi connectivity index (χ2n) is 6.42. The van der Waals surface area contributed by atoms with Gasteiger partial charge in [-0.05, 0) is 12.1 Å². The number of fused-ring (bicyclic) bond motifs is 1. The number of rotatable bonds is 7. The van der Waals surface area contributed by atoms with Gasteiger partial charge in [-0.25, -0.2) is 4.68 Å². The van der Waals surface area contributed by atoms with Crippen molar-refractivity contribution in [1.29, 1.82) is 0 Å². The minimum Gasteiger partial charge on any atom is -0.360 e. The van der Waals surface area contributed by atoms with Crippen LogP contribution in [0.2, 0.25) is 25.7 Å². The van der Waals surface area contributed by atoms with Gasteiger partial charge in [-0.3, -0.25) is 10.1 Å². The van der Waals surface area contributed by atoms with E-state index in [-0.39, 0.29) is 5.69 Å². The number of nitro groups is 1. The zero-order chi connectivity index (χ0) is 16.3. The van der Waals surface area contributed by atoms with E-state index >= 15 is 0 Å². The van der Waals surface area contributed by atoms with Crippen molar-refractivity contribution in [1.82, 2.24) is 9.78 Å². The smallest absolute Gasteiger partial charge is 0.278 e. The number of ether oxygens (including phenoxy) is 1. The van der Waals surface area contributed by atoms with Crippen LogP contribution in [0.1, 0.15) is 5.56 Å². The molecule has 6 nitrogen and oxygen atoms in total. The van der Waals surface area contributed by atoms with Crippen LogP contribution in [-0.4, -0.2) is 29.4 Å². The van der Waals surface area contributed by atoms with E-state index < -0.39 is 13.0 Å². The molecule has 2 rings (SSSR count). The Labute approximate surface area is 130 Å². The third-order valence-corrected chi connectivity index (χ3v) is 5.12. The molecular weight excluding hydrogens is 298 g/mol. The van der Waals surface area contributed by atoms with Gasteiger partial charge in [0.15, 0.2) is 0 Å². The molecule has 0 saturated carbocycles. The largest absolute Gasteiger partial charge is 0.360 e. The second kappa shape index (κ2) is 6.41. The number of benzene rings is 1. The predicted molar refractivity (Wildman–Crippen MR) is 90.6 cm³/mol. The molecule has 7 heteroatoms. The highest BCUT2D eigenvalue weighted by Gasteiger charge is 2.16. The van der Waals surface area contributed by atoms with Gasteiger partial charge in [0.25, 0.3) is 5.69 Å². The molecule has 0 aliphatic heterocycles. The third kappa shape index (κ3) is 3.80. The van der Waals surface area contributed by atoms with Gasteiger partial charge in [-0.15, -0.1) is 0 Å². The normalized spacial score (nSPS) is 11.8. The predicted octanol–water partition coefficient (Wildman–Crippen LogP) is 3.90. The molecule has 0 radical (unpaired) electrons. The quantitative estimate of drug-likeness (QED) is 0.336. The summed E-state index contributed by atoms with van der Waals surface area (Å²) in [6, 6.07) is 4.33. The van der Waals surface area contributed by atoms with Crippen molar-refractivity contribution in [3.05, 3.63) is 40.6 Å². The Morgan fingerprint density at radius 1 is 1.45 bits per heavy atom. The van der Waals surface area contributed by atoms with Crippen molar-refractivity contribution >= 4 is 30.7 Å². The highest BCUT2D eigenvalue weighted by molar-refractivity contribution is 6.76. The lowest BCUT2D eigenvalue weighted by Crippen LogP contribution is -2.22. The highest BCUT2D eigenvalue weighted by Crippen LogP contribution is 2.26. The summed E-state index contributed by atoms with van der Waals surface area (Å²) < 4.78 is 7.32. The van der Waals surface area contributed by atoms with Gasteiger partial charge >= 0.3 is 0 Å². The molecule has 0 N–H and O–H groups in total. The molecule has 0 spiro atoms. The van der Waals surface area contributed by atoms with Gasteiger partial charge in [-0.1, -0.05) is 32.3 Å². The minimum atomic E-state index is -1.12. The second-order valence-corrected chi connectivity index (χ2v) is 12.0. The Hall–Kier alpha value is -1.99. The van der Waals surface area contributed by atoms with E-state index in [0.29, 0.717) is 24.4 Å². The highest BCUT2D eigenvalue weighted by atomic mass is 28.3. The molecule has 0 fully saturated rings. The van der Waals surface area contributed by atoms with Crippen LogP contribution in [0.25, 0.3) is 17.0 Å². The van der Waals surface area contributed by atoms with Crippen LogP contribution in [0.15, 0.2) is 24.9 Å². The Balaban J connectivity index is 2.19. The van der Waals surface area contributed by atoms with E-state index in [1.807, 2.05) is 0 Å². The monoisotopic (exact) mass is 319 g/mol. The molecule has 22 heavy (non-hydrogen) atoms. The van der Waals surface area contributed by atoms with Gasteiger partial charge in [-0.2, -0.15) is 5.10 Å². The molecule has 1 aromatic carbocycles. The van der Waals surface area contributed by atoms with Gasteiger partial charge < -0.3 is 4.74 Å². The summed E-state index contributed by atoms with van der Waals surface area (Å²) in [5, 5.41) is 16.2. The maximum Gasteiger partial charge on any atom is 0.278 e. The van der Waals surface area contributed by atoms with Gasteiger partial charge in [0.1, 0.15) is 6.73 Å². The van der Waals surface area contributed by atoms with Crippen molar-refractivity contribution in [2.24, 2.45) is 0 Å². The first kappa shape index (κ1) is 16.4. The Morgan fingerprint density at radius 3 is 2.77 bits per heavy atom. The maximum absolute atomic E-state index is 11.1. The number of hydrogen-bond acceptors (Lipinski definition) is 4. The number of nitro benzene ring substituents is 1. The topological polar surface area (TPSA) is 70.2 Å². The molecule has 118 valence electrons. The summed E-state index contributed by atoms with van der Waals surface area (Å²) in [6.45, 7) is 11.5. The van der Waals surface area contributed by atoms with Crippen molar-refractivity contribution in [3.63, 3.8) is 0 Å². The summed E-state index contributed by atoms with van der Waals surface area (Å²) in [5.41, 5.74) is 1.23. The SMILES string of the molecule is C=Cc1cc2cnn(COCC[Si](C)(C)C)c2cc1[N+](=O)[O-]. The minimum absolute atomic E-state index is 0.0337. The summed E-state index contributed by atoms with van der Waals surface area (Å²) in [7, 11) is -1.12. The van der Waals surface area contributed by atoms with E-state index in [0.717, 1.165) is 11.4 Å². The molecular formula is C15H21N3O3Si. The zero-order valence-corrected chi connectivity index (χ0v) is 14.2. The van der Waals surface area contributed by atoms with Crippen LogP contribution in [0.3, 0.4) is 0 Å². The molecule has 0 unspecified atom stereocenters. The van der Waals surface area contributed by atoms with Crippen LogP contribution in [0.4, 0.5) is 5.69 Å². The van der Waals surface area contributed by atoms with Crippen LogP contribution >= 0.6 is 0 Å². The standard InChI is InChI=1S/C15H21N3O3Si/c1-5-12-8-13-10-16-17(11-21-6-7-22(2,3)4)14(13)9-15(12)18(19)20/h5,8-10H,1,6-7,11H2,2-4H3. The van der Waals surface area contributed by atoms with Crippen LogP contribution < -0.4 is 0 Å². The average molecular weight is 319 g/mol. The van der Waals surface area contributed by atoms with Crippen molar-refractivity contribution in [2.45, 2.75) is 32.4 Å². The molecule has 0 aliphatic rings. The molecule has 0 aliphatic carbocycles. The summed E-state index contributed by atoms with van der Waals surface area (Å²) in [5.74, 6) is 0. The first-order chi connectivity index (χ1) is 10.3. The van der Waals surface area contributed by atoms with E-state index in [1.54, 1.807) is 16.9 Å². The maximum atomic E-state index is 11.1. The fourth-order valence-corrected chi connectivity index (χ4v) is 2.84.